The zero-order valence-corrected chi connectivity index (χ0v) is 32.0. The summed E-state index contributed by atoms with van der Waals surface area (Å²) in [5.74, 6) is 2.47. The molecule has 0 spiro atoms. The molecule has 0 aromatic rings. The van der Waals surface area contributed by atoms with E-state index in [1.54, 1.807) is 0 Å². The van der Waals surface area contributed by atoms with Gasteiger partial charge >= 0.3 is 0 Å². The van der Waals surface area contributed by atoms with Crippen LogP contribution in [0, 0.1) is 0 Å². The molecule has 0 amide bonds. The number of allylic oxidation sites excluding steroid dienone is 4. The van der Waals surface area contributed by atoms with E-state index in [0.29, 0.717) is 0 Å². The van der Waals surface area contributed by atoms with Gasteiger partial charge in [0.05, 0.1) is 11.5 Å². The molecule has 0 radical (unpaired) electrons. The molecular formula is C44H86O. The molecular weight excluding hydrogens is 544 g/mol. The average molecular weight is 631 g/mol. The maximum Gasteiger partial charge on any atom is 0.0996 e. The maximum atomic E-state index is 6.50. The van der Waals surface area contributed by atoms with E-state index in [9.17, 15) is 0 Å². The van der Waals surface area contributed by atoms with E-state index in [1.165, 1.54) is 217 Å². The van der Waals surface area contributed by atoms with Crippen LogP contribution in [0.4, 0.5) is 0 Å². The topological polar surface area (TPSA) is 9.23 Å². The molecule has 0 rings (SSSR count). The van der Waals surface area contributed by atoms with E-state index >= 15 is 0 Å². The summed E-state index contributed by atoms with van der Waals surface area (Å²) in [6.45, 7) is 9.10. The molecule has 0 atom stereocenters. The smallest absolute Gasteiger partial charge is 0.0996 e. The van der Waals surface area contributed by atoms with Gasteiger partial charge in [-0.3, -0.25) is 0 Å². The molecule has 0 saturated carbocycles. The van der Waals surface area contributed by atoms with Gasteiger partial charge in [-0.25, -0.2) is 0 Å². The fraction of sp³-hybridized carbons (Fsp3) is 0.909. The third-order valence-electron chi connectivity index (χ3n) is 9.68. The summed E-state index contributed by atoms with van der Waals surface area (Å²) in [6.07, 6.45) is 54.8. The fourth-order valence-corrected chi connectivity index (χ4v) is 6.71. The van der Waals surface area contributed by atoms with Crippen LogP contribution in [0.25, 0.3) is 0 Å². The Bertz CT molecular complexity index is 550. The Morgan fingerprint density at radius 2 is 0.489 bits per heavy atom. The summed E-state index contributed by atoms with van der Waals surface area (Å²) in [7, 11) is 0. The van der Waals surface area contributed by atoms with Gasteiger partial charge in [0.1, 0.15) is 0 Å². The summed E-state index contributed by atoms with van der Waals surface area (Å²) in [4.78, 5) is 0. The first-order valence-electron chi connectivity index (χ1n) is 21.3. The maximum absolute atomic E-state index is 6.50. The van der Waals surface area contributed by atoms with Crippen LogP contribution in [0.3, 0.4) is 0 Å². The van der Waals surface area contributed by atoms with Gasteiger partial charge in [0, 0.05) is 12.8 Å². The average Bonchev–Trinajstić information content (AvgIpc) is 3.04. The second-order valence-electron chi connectivity index (χ2n) is 14.4. The van der Waals surface area contributed by atoms with Gasteiger partial charge in [-0.2, -0.15) is 0 Å². The van der Waals surface area contributed by atoms with Crippen molar-refractivity contribution in [3.8, 4) is 0 Å². The second kappa shape index (κ2) is 39.5. The van der Waals surface area contributed by atoms with E-state index in [0.717, 1.165) is 25.7 Å². The highest BCUT2D eigenvalue weighted by atomic mass is 16.5. The minimum Gasteiger partial charge on any atom is -0.467 e. The van der Waals surface area contributed by atoms with Gasteiger partial charge in [0.2, 0.25) is 0 Å². The van der Waals surface area contributed by atoms with Crippen LogP contribution in [0.15, 0.2) is 23.7 Å². The number of ether oxygens (including phenoxy) is 1. The van der Waals surface area contributed by atoms with Crippen molar-refractivity contribution in [3.63, 3.8) is 0 Å². The molecule has 0 aliphatic carbocycles. The molecule has 45 heavy (non-hydrogen) atoms. The molecule has 1 heteroatoms. The van der Waals surface area contributed by atoms with Crippen molar-refractivity contribution in [2.24, 2.45) is 0 Å². The Balaban J connectivity index is 3.73. The Labute approximate surface area is 286 Å². The lowest BCUT2D eigenvalue weighted by molar-refractivity contribution is 0.267. The highest BCUT2D eigenvalue weighted by Crippen LogP contribution is 2.22. The molecule has 0 N–H and O–H groups in total. The first kappa shape index (κ1) is 44.3. The zero-order valence-electron chi connectivity index (χ0n) is 32.0. The first-order chi connectivity index (χ1) is 22.3. The lowest BCUT2D eigenvalue weighted by Gasteiger charge is -2.14. The van der Waals surface area contributed by atoms with Crippen molar-refractivity contribution < 1.29 is 4.74 Å². The normalized spacial score (nSPS) is 12.4. The van der Waals surface area contributed by atoms with E-state index in [1.807, 2.05) is 0 Å². The largest absolute Gasteiger partial charge is 0.467 e. The lowest BCUT2D eigenvalue weighted by atomic mass is 10.0. The molecule has 0 heterocycles. The highest BCUT2D eigenvalue weighted by molar-refractivity contribution is 5.02. The van der Waals surface area contributed by atoms with Gasteiger partial charge < -0.3 is 4.74 Å². The third kappa shape index (κ3) is 36.0. The molecule has 268 valence electrons. The third-order valence-corrected chi connectivity index (χ3v) is 9.68. The predicted molar refractivity (Wildman–Crippen MR) is 206 cm³/mol. The van der Waals surface area contributed by atoms with Crippen molar-refractivity contribution in [1.29, 1.82) is 0 Å². The number of unbranched alkanes of at least 4 members (excludes halogenated alkanes) is 30. The lowest BCUT2D eigenvalue weighted by Crippen LogP contribution is -1.96. The summed E-state index contributed by atoms with van der Waals surface area (Å²) >= 11 is 0. The van der Waals surface area contributed by atoms with Gasteiger partial charge in [0.15, 0.2) is 0 Å². The fourth-order valence-electron chi connectivity index (χ4n) is 6.71. The monoisotopic (exact) mass is 631 g/mol. The Kier molecular flexibility index (Phi) is 38.8. The van der Waals surface area contributed by atoms with Crippen molar-refractivity contribution in [3.05, 3.63) is 23.7 Å². The Morgan fingerprint density at radius 3 is 0.689 bits per heavy atom. The molecule has 0 aromatic carbocycles. The summed E-state index contributed by atoms with van der Waals surface area (Å²) < 4.78 is 6.50. The van der Waals surface area contributed by atoms with Crippen LogP contribution in [0.1, 0.15) is 259 Å². The predicted octanol–water partition coefficient (Wildman–Crippen LogP) is 16.9. The first-order valence-corrected chi connectivity index (χ1v) is 21.3. The van der Waals surface area contributed by atoms with Gasteiger partial charge in [-0.15, -0.1) is 0 Å². The van der Waals surface area contributed by atoms with Crippen molar-refractivity contribution in [2.75, 3.05) is 0 Å². The van der Waals surface area contributed by atoms with E-state index < -0.39 is 0 Å². The van der Waals surface area contributed by atoms with E-state index in [4.69, 9.17) is 4.74 Å². The quantitative estimate of drug-likeness (QED) is 0.0487. The molecule has 0 saturated heterocycles. The summed E-state index contributed by atoms with van der Waals surface area (Å²) in [5.41, 5.74) is 0. The van der Waals surface area contributed by atoms with Crippen molar-refractivity contribution in [1.82, 2.24) is 0 Å². The van der Waals surface area contributed by atoms with Crippen LogP contribution >= 0.6 is 0 Å². The molecule has 0 unspecified atom stereocenters. The molecule has 0 fully saturated rings. The zero-order chi connectivity index (χ0) is 32.7. The molecule has 0 bridgehead atoms. The molecule has 1 nitrogen and oxygen atoms in total. The Hall–Kier alpha value is -0.720. The molecule has 0 aliphatic heterocycles. The molecule has 0 aromatic heterocycles. The van der Waals surface area contributed by atoms with E-state index in [-0.39, 0.29) is 0 Å². The second-order valence-corrected chi connectivity index (χ2v) is 14.4. The molecule has 0 aliphatic rings. The summed E-state index contributed by atoms with van der Waals surface area (Å²) in [6, 6.07) is 0. The standard InChI is InChI=1S/C44H86O/c1-5-9-11-13-15-17-19-21-23-25-27-29-31-33-35-37-41-43(39-7-3)45-44(40-8-4)42-38-36-34-32-30-28-26-24-22-20-18-16-14-12-10-6-2/h39-40H,5-38,41-42H2,1-4H3. The van der Waals surface area contributed by atoms with Gasteiger partial charge in [-0.1, -0.05) is 220 Å². The van der Waals surface area contributed by atoms with Crippen LogP contribution in [0.5, 0.6) is 0 Å². The Morgan fingerprint density at radius 1 is 0.289 bits per heavy atom. The van der Waals surface area contributed by atoms with Crippen LogP contribution in [-0.2, 0) is 4.74 Å². The van der Waals surface area contributed by atoms with Crippen LogP contribution < -0.4 is 0 Å². The minimum atomic E-state index is 1.08. The SMILES string of the molecule is CCC=C(CCCCCCCCCCCCCCCCCC)OC(=CCC)CCCCCCCCCCCCCCCCCC. The van der Waals surface area contributed by atoms with Crippen LogP contribution in [-0.4, -0.2) is 0 Å². The van der Waals surface area contributed by atoms with Crippen molar-refractivity contribution >= 4 is 0 Å². The minimum absolute atomic E-state index is 1.08. The van der Waals surface area contributed by atoms with Gasteiger partial charge in [0.25, 0.3) is 0 Å². The van der Waals surface area contributed by atoms with Crippen molar-refractivity contribution in [2.45, 2.75) is 259 Å². The number of rotatable bonds is 38. The summed E-state index contributed by atoms with van der Waals surface area (Å²) in [5, 5.41) is 0. The van der Waals surface area contributed by atoms with Gasteiger partial charge in [-0.05, 0) is 37.8 Å². The van der Waals surface area contributed by atoms with E-state index in [2.05, 4.69) is 39.8 Å². The highest BCUT2D eigenvalue weighted by Gasteiger charge is 2.05. The number of hydrogen-bond donors (Lipinski definition) is 0. The van der Waals surface area contributed by atoms with Crippen LogP contribution in [0.2, 0.25) is 0 Å². The number of hydrogen-bond acceptors (Lipinski definition) is 1.